The first-order chi connectivity index (χ1) is 16.4. The zero-order chi connectivity index (χ0) is 26.4. The van der Waals surface area contributed by atoms with E-state index in [4.69, 9.17) is 48.8 Å². The maximum atomic E-state index is 10.9. The number of ether oxygens (including phenoxy) is 6. The molecule has 35 heavy (non-hydrogen) atoms. The molecule has 0 spiro atoms. The first-order valence-corrected chi connectivity index (χ1v) is 11.0. The predicted octanol–water partition coefficient (Wildman–Crippen LogP) is 0.209. The van der Waals surface area contributed by atoms with Crippen molar-refractivity contribution in [1.82, 2.24) is 0 Å². The van der Waals surface area contributed by atoms with Gasteiger partial charge in [0.25, 0.3) is 0 Å². The highest BCUT2D eigenvalue weighted by Gasteiger charge is 2.49. The van der Waals surface area contributed by atoms with Crippen molar-refractivity contribution < 1.29 is 68.0 Å². The third-order valence-electron chi connectivity index (χ3n) is 4.68. The molecule has 4 N–H and O–H groups in total. The number of hydrogen-bond acceptors (Lipinski definition) is 10. The SMILES string of the molecule is CC1(C)OC(C(COCCC(=O)O)OCCC(=O)O)C(C(COCCC(=O)O)OCCC(=O)O)O1. The third kappa shape index (κ3) is 13.3. The van der Waals surface area contributed by atoms with Crippen LogP contribution in [0.1, 0.15) is 39.5 Å². The van der Waals surface area contributed by atoms with Crippen LogP contribution in [0.2, 0.25) is 0 Å². The molecular weight excluding hydrogens is 476 g/mol. The molecule has 1 heterocycles. The fourth-order valence-corrected chi connectivity index (χ4v) is 3.18. The highest BCUT2D eigenvalue weighted by molar-refractivity contribution is 5.67. The van der Waals surface area contributed by atoms with Crippen LogP contribution in [0.3, 0.4) is 0 Å². The van der Waals surface area contributed by atoms with Gasteiger partial charge in [-0.25, -0.2) is 0 Å². The summed E-state index contributed by atoms with van der Waals surface area (Å²) in [6, 6.07) is 0. The number of aliphatic carboxylic acids is 4. The number of carbonyl (C=O) groups is 4. The van der Waals surface area contributed by atoms with Gasteiger partial charge in [-0.3, -0.25) is 19.2 Å². The summed E-state index contributed by atoms with van der Waals surface area (Å²) in [5, 5.41) is 35.5. The average molecular weight is 510 g/mol. The molecule has 0 bridgehead atoms. The monoisotopic (exact) mass is 510 g/mol. The summed E-state index contributed by atoms with van der Waals surface area (Å²) in [5.74, 6) is -5.42. The zero-order valence-electron chi connectivity index (χ0n) is 19.8. The molecule has 0 radical (unpaired) electrons. The first-order valence-electron chi connectivity index (χ1n) is 11.0. The van der Waals surface area contributed by atoms with E-state index in [0.29, 0.717) is 0 Å². The molecule has 4 unspecified atom stereocenters. The van der Waals surface area contributed by atoms with Gasteiger partial charge in [-0.15, -0.1) is 0 Å². The van der Waals surface area contributed by atoms with Crippen LogP contribution in [0.15, 0.2) is 0 Å². The second kappa shape index (κ2) is 15.6. The minimum Gasteiger partial charge on any atom is -0.481 e. The maximum Gasteiger partial charge on any atom is 0.305 e. The predicted molar refractivity (Wildman–Crippen MR) is 114 cm³/mol. The Labute approximate surface area is 202 Å². The summed E-state index contributed by atoms with van der Waals surface area (Å²) in [6.07, 6.45) is -4.66. The molecule has 0 aromatic heterocycles. The molecule has 202 valence electrons. The van der Waals surface area contributed by atoms with Crippen molar-refractivity contribution in [2.75, 3.05) is 39.6 Å². The summed E-state index contributed by atoms with van der Waals surface area (Å²) in [7, 11) is 0. The van der Waals surface area contributed by atoms with Gasteiger partial charge in [0.2, 0.25) is 0 Å². The number of carboxylic acid groups (broad SMARTS) is 4. The lowest BCUT2D eigenvalue weighted by Gasteiger charge is -2.31. The van der Waals surface area contributed by atoms with Crippen molar-refractivity contribution in [2.24, 2.45) is 0 Å². The highest BCUT2D eigenvalue weighted by Crippen LogP contribution is 2.34. The van der Waals surface area contributed by atoms with Crippen molar-refractivity contribution >= 4 is 23.9 Å². The van der Waals surface area contributed by atoms with E-state index < -0.39 is 54.1 Å². The molecule has 0 aromatic carbocycles. The Bertz CT molecular complexity index is 638. The first kappa shape index (κ1) is 30.7. The fourth-order valence-electron chi connectivity index (χ4n) is 3.18. The van der Waals surface area contributed by atoms with Crippen LogP contribution in [0, 0.1) is 0 Å². The summed E-state index contributed by atoms with van der Waals surface area (Å²) in [4.78, 5) is 43.4. The van der Waals surface area contributed by atoms with Gasteiger partial charge in [0.1, 0.15) is 24.4 Å². The Morgan fingerprint density at radius 1 is 0.657 bits per heavy atom. The van der Waals surface area contributed by atoms with Crippen LogP contribution in [0.5, 0.6) is 0 Å². The second-order valence-electron chi connectivity index (χ2n) is 8.11. The summed E-state index contributed by atoms with van der Waals surface area (Å²) >= 11 is 0. The van der Waals surface area contributed by atoms with Gasteiger partial charge in [-0.1, -0.05) is 0 Å². The lowest BCUT2D eigenvalue weighted by Crippen LogP contribution is -2.48. The molecule has 1 rings (SSSR count). The quantitative estimate of drug-likeness (QED) is 0.162. The Balaban J connectivity index is 3.01. The molecule has 0 saturated carbocycles. The minimum absolute atomic E-state index is 0.118. The van der Waals surface area contributed by atoms with Crippen LogP contribution >= 0.6 is 0 Å². The van der Waals surface area contributed by atoms with Crippen molar-refractivity contribution in [3.05, 3.63) is 0 Å². The molecule has 1 fully saturated rings. The molecule has 1 saturated heterocycles. The molecule has 1 aliphatic rings. The van der Waals surface area contributed by atoms with Crippen LogP contribution in [0.25, 0.3) is 0 Å². The van der Waals surface area contributed by atoms with Crippen LogP contribution in [-0.4, -0.2) is 114 Å². The van der Waals surface area contributed by atoms with E-state index in [2.05, 4.69) is 0 Å². The van der Waals surface area contributed by atoms with Crippen molar-refractivity contribution in [2.45, 2.75) is 69.7 Å². The second-order valence-corrected chi connectivity index (χ2v) is 8.11. The van der Waals surface area contributed by atoms with E-state index in [9.17, 15) is 19.2 Å². The molecule has 0 amide bonds. The minimum atomic E-state index is -1.14. The molecule has 14 nitrogen and oxygen atoms in total. The molecule has 4 atom stereocenters. The van der Waals surface area contributed by atoms with Crippen LogP contribution in [0.4, 0.5) is 0 Å². The van der Waals surface area contributed by atoms with E-state index in [1.54, 1.807) is 13.8 Å². The lowest BCUT2D eigenvalue weighted by molar-refractivity contribution is -0.172. The largest absolute Gasteiger partial charge is 0.481 e. The number of hydrogen-bond donors (Lipinski definition) is 4. The van der Waals surface area contributed by atoms with E-state index in [0.717, 1.165) is 0 Å². The molecule has 1 aliphatic heterocycles. The molecule has 0 aromatic rings. The topological polar surface area (TPSA) is 205 Å². The van der Waals surface area contributed by atoms with Gasteiger partial charge in [0, 0.05) is 0 Å². The number of rotatable bonds is 20. The van der Waals surface area contributed by atoms with Gasteiger partial charge in [-0.05, 0) is 13.8 Å². The Morgan fingerprint density at radius 2 is 0.971 bits per heavy atom. The van der Waals surface area contributed by atoms with E-state index >= 15 is 0 Å². The zero-order valence-corrected chi connectivity index (χ0v) is 19.8. The molecular formula is C21H34O14. The third-order valence-corrected chi connectivity index (χ3v) is 4.68. The molecule has 14 heteroatoms. The normalized spacial score (nSPS) is 20.9. The van der Waals surface area contributed by atoms with Gasteiger partial charge in [0.15, 0.2) is 5.79 Å². The molecule has 0 aliphatic carbocycles. The van der Waals surface area contributed by atoms with Crippen LogP contribution < -0.4 is 0 Å². The fraction of sp³-hybridized carbons (Fsp3) is 0.810. The standard InChI is InChI=1S/C21H34O14/c1-21(2)34-19(13(32-9-5-17(26)27)11-30-7-3-15(22)23)20(35-21)14(33-10-6-18(28)29)12-31-8-4-16(24)25/h13-14,19-20H,3-12H2,1-2H3,(H,22,23)(H,24,25)(H,26,27)(H,28,29). The van der Waals surface area contributed by atoms with E-state index in [-0.39, 0.29) is 65.3 Å². The Morgan fingerprint density at radius 3 is 1.29 bits per heavy atom. The van der Waals surface area contributed by atoms with Gasteiger partial charge in [-0.2, -0.15) is 0 Å². The van der Waals surface area contributed by atoms with E-state index in [1.165, 1.54) is 0 Å². The van der Waals surface area contributed by atoms with Crippen molar-refractivity contribution in [3.63, 3.8) is 0 Å². The van der Waals surface area contributed by atoms with Crippen molar-refractivity contribution in [3.8, 4) is 0 Å². The van der Waals surface area contributed by atoms with Gasteiger partial charge < -0.3 is 48.8 Å². The van der Waals surface area contributed by atoms with Gasteiger partial charge in [0.05, 0.1) is 65.3 Å². The summed E-state index contributed by atoms with van der Waals surface area (Å²) < 4.78 is 34.1. The van der Waals surface area contributed by atoms with E-state index in [1.807, 2.05) is 0 Å². The number of carboxylic acids is 4. The smallest absolute Gasteiger partial charge is 0.305 e. The summed E-state index contributed by atoms with van der Waals surface area (Å²) in [6.45, 7) is 2.35. The summed E-state index contributed by atoms with van der Waals surface area (Å²) in [5.41, 5.74) is 0. The maximum absolute atomic E-state index is 10.9. The van der Waals surface area contributed by atoms with Gasteiger partial charge >= 0.3 is 23.9 Å². The Hall–Kier alpha value is -2.36. The van der Waals surface area contributed by atoms with Crippen LogP contribution in [-0.2, 0) is 47.6 Å². The Kier molecular flexibility index (Phi) is 13.7. The lowest BCUT2D eigenvalue weighted by atomic mass is 10.0. The highest BCUT2D eigenvalue weighted by atomic mass is 16.8. The van der Waals surface area contributed by atoms with Crippen molar-refractivity contribution in [1.29, 1.82) is 0 Å². The average Bonchev–Trinajstić information content (AvgIpc) is 3.05.